The molecule has 1 aromatic heterocycles. The molecule has 124 valence electrons. The zero-order valence-corrected chi connectivity index (χ0v) is 14.2. The molecule has 4 nitrogen and oxygen atoms in total. The summed E-state index contributed by atoms with van der Waals surface area (Å²) in [5.74, 6) is 1.22. The lowest BCUT2D eigenvalue weighted by Crippen LogP contribution is -2.02. The van der Waals surface area contributed by atoms with Crippen LogP contribution in [0.1, 0.15) is 6.92 Å². The summed E-state index contributed by atoms with van der Waals surface area (Å²) in [6, 6.07) is 16.2. The smallest absolute Gasteiger partial charge is 0.196 e. The topological polar surface area (TPSA) is 39.9 Å². The van der Waals surface area contributed by atoms with Gasteiger partial charge in [-0.25, -0.2) is 4.39 Å². The number of para-hydroxylation sites is 1. The molecule has 3 aromatic rings. The van der Waals surface area contributed by atoms with Crippen LogP contribution in [-0.4, -0.2) is 33.7 Å². The van der Waals surface area contributed by atoms with Gasteiger partial charge in [0.2, 0.25) is 0 Å². The van der Waals surface area contributed by atoms with E-state index in [1.165, 1.54) is 12.1 Å². The molecule has 3 rings (SSSR count). The van der Waals surface area contributed by atoms with Crippen molar-refractivity contribution >= 4 is 11.8 Å². The van der Waals surface area contributed by atoms with Crippen molar-refractivity contribution in [3.05, 3.63) is 60.4 Å². The van der Waals surface area contributed by atoms with E-state index in [4.69, 9.17) is 4.74 Å². The zero-order valence-electron chi connectivity index (χ0n) is 13.4. The van der Waals surface area contributed by atoms with Gasteiger partial charge in [0.15, 0.2) is 11.0 Å². The van der Waals surface area contributed by atoms with E-state index in [2.05, 4.69) is 10.2 Å². The van der Waals surface area contributed by atoms with Crippen LogP contribution in [0.25, 0.3) is 17.1 Å². The summed E-state index contributed by atoms with van der Waals surface area (Å²) < 4.78 is 20.6. The van der Waals surface area contributed by atoms with Gasteiger partial charge in [0.1, 0.15) is 5.82 Å². The number of nitrogens with zero attached hydrogens (tertiary/aromatic N) is 3. The van der Waals surface area contributed by atoms with Crippen molar-refractivity contribution in [1.29, 1.82) is 0 Å². The molecule has 0 bridgehead atoms. The SMILES string of the molecule is CCOCCSc1nnc(-c2ccc(F)cc2)n1-c1ccccc1. The van der Waals surface area contributed by atoms with E-state index in [9.17, 15) is 4.39 Å². The van der Waals surface area contributed by atoms with Crippen LogP contribution < -0.4 is 0 Å². The molecule has 0 spiro atoms. The highest BCUT2D eigenvalue weighted by atomic mass is 32.2. The minimum Gasteiger partial charge on any atom is -0.381 e. The maximum Gasteiger partial charge on any atom is 0.196 e. The van der Waals surface area contributed by atoms with E-state index < -0.39 is 0 Å². The predicted molar refractivity (Wildman–Crippen MR) is 94.0 cm³/mol. The van der Waals surface area contributed by atoms with Crippen LogP contribution in [0.15, 0.2) is 59.8 Å². The zero-order chi connectivity index (χ0) is 16.8. The molecular formula is C18H18FN3OS. The van der Waals surface area contributed by atoms with Crippen LogP contribution in [0, 0.1) is 5.82 Å². The quantitative estimate of drug-likeness (QED) is 0.476. The fourth-order valence-corrected chi connectivity index (χ4v) is 3.10. The molecule has 0 saturated carbocycles. The first-order chi connectivity index (χ1) is 11.8. The Kier molecular flexibility index (Phi) is 5.61. The highest BCUT2D eigenvalue weighted by Crippen LogP contribution is 2.27. The number of benzene rings is 2. The molecule has 0 atom stereocenters. The number of rotatable bonds is 7. The van der Waals surface area contributed by atoms with E-state index in [1.54, 1.807) is 23.9 Å². The number of hydrogen-bond donors (Lipinski definition) is 0. The van der Waals surface area contributed by atoms with Gasteiger partial charge >= 0.3 is 0 Å². The summed E-state index contributed by atoms with van der Waals surface area (Å²) >= 11 is 1.59. The van der Waals surface area contributed by atoms with Gasteiger partial charge in [-0.05, 0) is 43.3 Å². The van der Waals surface area contributed by atoms with Gasteiger partial charge in [-0.1, -0.05) is 30.0 Å². The lowest BCUT2D eigenvalue weighted by molar-refractivity contribution is 0.164. The first-order valence-corrected chi connectivity index (χ1v) is 8.75. The average molecular weight is 343 g/mol. The summed E-state index contributed by atoms with van der Waals surface area (Å²) in [4.78, 5) is 0. The van der Waals surface area contributed by atoms with Crippen LogP contribution in [-0.2, 0) is 4.74 Å². The molecule has 0 amide bonds. The van der Waals surface area contributed by atoms with Crippen LogP contribution in [0.2, 0.25) is 0 Å². The Balaban J connectivity index is 1.96. The van der Waals surface area contributed by atoms with Crippen LogP contribution in [0.5, 0.6) is 0 Å². The minimum absolute atomic E-state index is 0.268. The molecule has 0 unspecified atom stereocenters. The van der Waals surface area contributed by atoms with Crippen molar-refractivity contribution in [1.82, 2.24) is 14.8 Å². The van der Waals surface area contributed by atoms with Crippen molar-refractivity contribution < 1.29 is 9.13 Å². The number of aromatic nitrogens is 3. The van der Waals surface area contributed by atoms with Crippen LogP contribution >= 0.6 is 11.8 Å². The first kappa shape index (κ1) is 16.7. The fraction of sp³-hybridized carbons (Fsp3) is 0.222. The van der Waals surface area contributed by atoms with E-state index in [-0.39, 0.29) is 5.82 Å². The second kappa shape index (κ2) is 8.08. The molecule has 0 fully saturated rings. The molecule has 1 heterocycles. The van der Waals surface area contributed by atoms with Crippen molar-refractivity contribution in [2.75, 3.05) is 19.0 Å². The van der Waals surface area contributed by atoms with Gasteiger partial charge in [0, 0.05) is 23.6 Å². The Morgan fingerprint density at radius 3 is 2.50 bits per heavy atom. The third kappa shape index (κ3) is 3.83. The van der Waals surface area contributed by atoms with Gasteiger partial charge in [-0.2, -0.15) is 0 Å². The molecule has 0 aliphatic heterocycles. The third-order valence-corrected chi connectivity index (χ3v) is 4.31. The summed E-state index contributed by atoms with van der Waals surface area (Å²) in [5.41, 5.74) is 1.80. The Bertz CT molecular complexity index is 775. The fourth-order valence-electron chi connectivity index (χ4n) is 2.30. The molecule has 0 aliphatic rings. The molecule has 0 radical (unpaired) electrons. The molecule has 2 aromatic carbocycles. The number of halogens is 1. The second-order valence-corrected chi connectivity index (χ2v) is 6.09. The number of ether oxygens (including phenoxy) is 1. The number of hydrogen-bond acceptors (Lipinski definition) is 4. The van der Waals surface area contributed by atoms with E-state index in [0.717, 1.165) is 22.2 Å². The van der Waals surface area contributed by atoms with Gasteiger partial charge in [0.05, 0.1) is 6.61 Å². The van der Waals surface area contributed by atoms with E-state index in [1.807, 2.05) is 41.8 Å². The molecule has 0 N–H and O–H groups in total. The van der Waals surface area contributed by atoms with Crippen molar-refractivity contribution in [2.24, 2.45) is 0 Å². The normalized spacial score (nSPS) is 10.9. The third-order valence-electron chi connectivity index (χ3n) is 3.41. The molecule has 6 heteroatoms. The van der Waals surface area contributed by atoms with Crippen molar-refractivity contribution in [2.45, 2.75) is 12.1 Å². The predicted octanol–water partition coefficient (Wildman–Crippen LogP) is 4.20. The van der Waals surface area contributed by atoms with Gasteiger partial charge in [0.25, 0.3) is 0 Å². The lowest BCUT2D eigenvalue weighted by Gasteiger charge is -2.10. The summed E-state index contributed by atoms with van der Waals surface area (Å²) in [5, 5.41) is 9.43. The van der Waals surface area contributed by atoms with Crippen molar-refractivity contribution in [3.8, 4) is 17.1 Å². The van der Waals surface area contributed by atoms with E-state index in [0.29, 0.717) is 19.0 Å². The highest BCUT2D eigenvalue weighted by Gasteiger charge is 2.15. The second-order valence-electron chi connectivity index (χ2n) is 5.03. The van der Waals surface area contributed by atoms with Gasteiger partial charge in [-0.15, -0.1) is 10.2 Å². The Labute approximate surface area is 144 Å². The Hall–Kier alpha value is -2.18. The van der Waals surface area contributed by atoms with Crippen molar-refractivity contribution in [3.63, 3.8) is 0 Å². The monoisotopic (exact) mass is 343 g/mol. The first-order valence-electron chi connectivity index (χ1n) is 7.77. The highest BCUT2D eigenvalue weighted by molar-refractivity contribution is 7.99. The van der Waals surface area contributed by atoms with Crippen LogP contribution in [0.4, 0.5) is 4.39 Å². The maximum atomic E-state index is 13.2. The Morgan fingerprint density at radius 1 is 1.04 bits per heavy atom. The van der Waals surface area contributed by atoms with E-state index >= 15 is 0 Å². The minimum atomic E-state index is -0.268. The number of thioether (sulfide) groups is 1. The summed E-state index contributed by atoms with van der Waals surface area (Å²) in [7, 11) is 0. The molecule has 24 heavy (non-hydrogen) atoms. The standard InChI is InChI=1S/C18H18FN3OS/c1-2-23-12-13-24-18-21-20-17(14-8-10-15(19)11-9-14)22(18)16-6-4-3-5-7-16/h3-11H,2,12-13H2,1H3. The van der Waals surface area contributed by atoms with Gasteiger partial charge < -0.3 is 4.74 Å². The largest absolute Gasteiger partial charge is 0.381 e. The summed E-state index contributed by atoms with van der Waals surface area (Å²) in [6.07, 6.45) is 0. The maximum absolute atomic E-state index is 13.2. The molecular weight excluding hydrogens is 325 g/mol. The van der Waals surface area contributed by atoms with Crippen LogP contribution in [0.3, 0.4) is 0 Å². The summed E-state index contributed by atoms with van der Waals surface area (Å²) in [6.45, 7) is 3.34. The Morgan fingerprint density at radius 2 is 1.79 bits per heavy atom. The average Bonchev–Trinajstić information content (AvgIpc) is 3.04. The molecule has 0 saturated heterocycles. The lowest BCUT2D eigenvalue weighted by atomic mass is 10.2. The molecule has 0 aliphatic carbocycles. The van der Waals surface area contributed by atoms with Gasteiger partial charge in [-0.3, -0.25) is 4.57 Å².